The molecule has 2 heteroatoms. The van der Waals surface area contributed by atoms with Gasteiger partial charge in [0.05, 0.1) is 0 Å². The summed E-state index contributed by atoms with van der Waals surface area (Å²) in [6, 6.07) is 7.31. The molecule has 0 amide bonds. The minimum atomic E-state index is -0.0407. The lowest BCUT2D eigenvalue weighted by atomic mass is 9.81. The zero-order valence-corrected chi connectivity index (χ0v) is 13.0. The van der Waals surface area contributed by atoms with Crippen LogP contribution >= 0.6 is 0 Å². The van der Waals surface area contributed by atoms with E-state index in [1.54, 1.807) is 0 Å². The van der Waals surface area contributed by atoms with Crippen LogP contribution in [0, 0.1) is 5.92 Å². The molecule has 1 atom stereocenters. The van der Waals surface area contributed by atoms with Crippen molar-refractivity contribution in [2.75, 3.05) is 7.05 Å². The number of hydrogen-bond donors (Lipinski definition) is 1. The first-order chi connectivity index (χ1) is 9.59. The van der Waals surface area contributed by atoms with Crippen molar-refractivity contribution in [2.24, 2.45) is 5.92 Å². The van der Waals surface area contributed by atoms with Crippen LogP contribution in [0.4, 0.5) is 0 Å². The summed E-state index contributed by atoms with van der Waals surface area (Å²) in [4.78, 5) is 0. The zero-order chi connectivity index (χ0) is 14.2. The van der Waals surface area contributed by atoms with Gasteiger partial charge in [-0.3, -0.25) is 0 Å². The largest absolute Gasteiger partial charge is 0.487 e. The van der Waals surface area contributed by atoms with E-state index >= 15 is 0 Å². The van der Waals surface area contributed by atoms with Crippen LogP contribution in [0.3, 0.4) is 0 Å². The van der Waals surface area contributed by atoms with Crippen molar-refractivity contribution in [3.63, 3.8) is 0 Å². The number of nitrogens with one attached hydrogen (secondary N) is 1. The van der Waals surface area contributed by atoms with Crippen molar-refractivity contribution in [1.29, 1.82) is 0 Å². The number of rotatable bonds is 3. The summed E-state index contributed by atoms with van der Waals surface area (Å²) in [6.07, 6.45) is 7.96. The standard InChI is InChI=1S/C18H27NO/c1-18(2)12-15-11-14(9-10-16(15)20-18)17(19-3)13-7-5-4-6-8-13/h9-11,13,17,19H,4-8,12H2,1-3H3. The van der Waals surface area contributed by atoms with Gasteiger partial charge in [0.15, 0.2) is 0 Å². The molecule has 1 unspecified atom stereocenters. The molecular formula is C18H27NO. The Morgan fingerprint density at radius 1 is 1.20 bits per heavy atom. The lowest BCUT2D eigenvalue weighted by Crippen LogP contribution is -2.27. The van der Waals surface area contributed by atoms with E-state index in [9.17, 15) is 0 Å². The summed E-state index contributed by atoms with van der Waals surface area (Å²) in [7, 11) is 2.10. The Morgan fingerprint density at radius 2 is 1.95 bits per heavy atom. The van der Waals surface area contributed by atoms with Crippen LogP contribution in [0.15, 0.2) is 18.2 Å². The molecule has 20 heavy (non-hydrogen) atoms. The van der Waals surface area contributed by atoms with Gasteiger partial charge in [-0.05, 0) is 56.8 Å². The molecule has 0 radical (unpaired) electrons. The molecule has 0 aromatic heterocycles. The maximum absolute atomic E-state index is 5.99. The second-order valence-corrected chi connectivity index (χ2v) is 7.07. The van der Waals surface area contributed by atoms with Crippen molar-refractivity contribution < 1.29 is 4.74 Å². The molecule has 0 saturated heterocycles. The average molecular weight is 273 g/mol. The molecule has 1 heterocycles. The maximum Gasteiger partial charge on any atom is 0.123 e. The Balaban J connectivity index is 1.83. The molecule has 1 aromatic rings. The number of fused-ring (bicyclic) bond motifs is 1. The third-order valence-corrected chi connectivity index (χ3v) is 4.88. The van der Waals surface area contributed by atoms with Gasteiger partial charge in [-0.2, -0.15) is 0 Å². The van der Waals surface area contributed by atoms with Gasteiger partial charge in [0, 0.05) is 12.5 Å². The van der Waals surface area contributed by atoms with Crippen LogP contribution < -0.4 is 10.1 Å². The van der Waals surface area contributed by atoms with Gasteiger partial charge in [-0.25, -0.2) is 0 Å². The molecule has 1 aromatic carbocycles. The molecule has 1 saturated carbocycles. The fraction of sp³-hybridized carbons (Fsp3) is 0.667. The summed E-state index contributed by atoms with van der Waals surface area (Å²) in [5, 5.41) is 3.56. The third-order valence-electron chi connectivity index (χ3n) is 4.88. The summed E-state index contributed by atoms with van der Waals surface area (Å²) < 4.78 is 5.99. The van der Waals surface area contributed by atoms with Gasteiger partial charge in [0.1, 0.15) is 11.4 Å². The summed E-state index contributed by atoms with van der Waals surface area (Å²) in [6.45, 7) is 4.34. The van der Waals surface area contributed by atoms with Crippen molar-refractivity contribution in [1.82, 2.24) is 5.32 Å². The number of benzene rings is 1. The summed E-state index contributed by atoms with van der Waals surface area (Å²) >= 11 is 0. The first-order valence-electron chi connectivity index (χ1n) is 8.08. The fourth-order valence-corrected chi connectivity index (χ4v) is 3.96. The van der Waals surface area contributed by atoms with Crippen LogP contribution in [0.2, 0.25) is 0 Å². The first kappa shape index (κ1) is 13.9. The van der Waals surface area contributed by atoms with E-state index in [1.807, 2.05) is 0 Å². The summed E-state index contributed by atoms with van der Waals surface area (Å²) in [5.74, 6) is 1.87. The molecule has 1 aliphatic heterocycles. The predicted octanol–water partition coefficient (Wildman–Crippen LogP) is 4.24. The van der Waals surface area contributed by atoms with Gasteiger partial charge in [-0.1, -0.05) is 31.4 Å². The minimum absolute atomic E-state index is 0.0407. The van der Waals surface area contributed by atoms with Gasteiger partial charge < -0.3 is 10.1 Å². The molecular weight excluding hydrogens is 246 g/mol. The van der Waals surface area contributed by atoms with Crippen molar-refractivity contribution in [3.8, 4) is 5.75 Å². The highest BCUT2D eigenvalue weighted by atomic mass is 16.5. The highest BCUT2D eigenvalue weighted by Crippen LogP contribution is 2.39. The highest BCUT2D eigenvalue weighted by Gasteiger charge is 2.31. The van der Waals surface area contributed by atoms with Crippen molar-refractivity contribution in [3.05, 3.63) is 29.3 Å². The Bertz CT molecular complexity index is 474. The molecule has 0 spiro atoms. The van der Waals surface area contributed by atoms with E-state index in [-0.39, 0.29) is 5.60 Å². The molecule has 1 fully saturated rings. The topological polar surface area (TPSA) is 21.3 Å². The van der Waals surface area contributed by atoms with Crippen LogP contribution in [0.1, 0.15) is 63.1 Å². The summed E-state index contributed by atoms with van der Waals surface area (Å²) in [5.41, 5.74) is 2.78. The molecule has 110 valence electrons. The van der Waals surface area contributed by atoms with Crippen molar-refractivity contribution >= 4 is 0 Å². The smallest absolute Gasteiger partial charge is 0.123 e. The molecule has 1 N–H and O–H groups in total. The average Bonchev–Trinajstić information content (AvgIpc) is 2.74. The molecule has 2 aliphatic rings. The molecule has 0 bridgehead atoms. The SMILES string of the molecule is CNC(c1ccc2c(c1)CC(C)(C)O2)C1CCCCC1. The first-order valence-corrected chi connectivity index (χ1v) is 8.08. The quantitative estimate of drug-likeness (QED) is 0.889. The number of hydrogen-bond acceptors (Lipinski definition) is 2. The lowest BCUT2D eigenvalue weighted by molar-refractivity contribution is 0.138. The maximum atomic E-state index is 5.99. The number of ether oxygens (including phenoxy) is 1. The van der Waals surface area contributed by atoms with Crippen LogP contribution in [-0.4, -0.2) is 12.6 Å². The molecule has 2 nitrogen and oxygen atoms in total. The zero-order valence-electron chi connectivity index (χ0n) is 13.0. The van der Waals surface area contributed by atoms with Gasteiger partial charge >= 0.3 is 0 Å². The van der Waals surface area contributed by atoms with Crippen molar-refractivity contribution in [2.45, 2.75) is 64.0 Å². The Morgan fingerprint density at radius 3 is 2.65 bits per heavy atom. The van der Waals surface area contributed by atoms with E-state index < -0.39 is 0 Å². The van der Waals surface area contributed by atoms with E-state index in [4.69, 9.17) is 4.74 Å². The van der Waals surface area contributed by atoms with Gasteiger partial charge in [-0.15, -0.1) is 0 Å². The Labute approximate surface area is 122 Å². The van der Waals surface area contributed by atoms with E-state index in [0.29, 0.717) is 6.04 Å². The lowest BCUT2D eigenvalue weighted by Gasteiger charge is -2.30. The van der Waals surface area contributed by atoms with Gasteiger partial charge in [0.2, 0.25) is 0 Å². The Hall–Kier alpha value is -1.02. The van der Waals surface area contributed by atoms with Gasteiger partial charge in [0.25, 0.3) is 0 Å². The molecule has 1 aliphatic carbocycles. The Kier molecular flexibility index (Phi) is 3.76. The fourth-order valence-electron chi connectivity index (χ4n) is 3.96. The van der Waals surface area contributed by atoms with E-state index in [2.05, 4.69) is 44.4 Å². The normalized spacial score (nSPS) is 23.1. The van der Waals surface area contributed by atoms with E-state index in [1.165, 1.54) is 43.2 Å². The van der Waals surface area contributed by atoms with Crippen LogP contribution in [0.25, 0.3) is 0 Å². The second-order valence-electron chi connectivity index (χ2n) is 7.07. The van der Waals surface area contributed by atoms with Crippen LogP contribution in [0.5, 0.6) is 5.75 Å². The second kappa shape index (κ2) is 5.40. The molecule has 3 rings (SSSR count). The highest BCUT2D eigenvalue weighted by molar-refractivity contribution is 5.42. The predicted molar refractivity (Wildman–Crippen MR) is 83.2 cm³/mol. The minimum Gasteiger partial charge on any atom is -0.487 e. The monoisotopic (exact) mass is 273 g/mol. The third kappa shape index (κ3) is 2.71. The van der Waals surface area contributed by atoms with E-state index in [0.717, 1.165) is 18.1 Å². The van der Waals surface area contributed by atoms with Crippen LogP contribution in [-0.2, 0) is 6.42 Å².